The van der Waals surface area contributed by atoms with E-state index >= 15 is 0 Å². The summed E-state index contributed by atoms with van der Waals surface area (Å²) in [4.78, 5) is 23.2. The van der Waals surface area contributed by atoms with Crippen molar-refractivity contribution < 1.29 is 19.1 Å². The summed E-state index contributed by atoms with van der Waals surface area (Å²) in [6.07, 6.45) is -0.713. The average molecular weight is 265 g/mol. The van der Waals surface area contributed by atoms with Crippen molar-refractivity contribution in [2.24, 2.45) is 0 Å². The molecule has 1 N–H and O–H groups in total. The van der Waals surface area contributed by atoms with Gasteiger partial charge in [-0.1, -0.05) is 18.2 Å². The Kier molecular flexibility index (Phi) is 5.85. The zero-order valence-corrected chi connectivity index (χ0v) is 11.4. The lowest BCUT2D eigenvalue weighted by Gasteiger charge is -2.13. The van der Waals surface area contributed by atoms with Crippen LogP contribution in [0.1, 0.15) is 19.4 Å². The van der Waals surface area contributed by atoms with Crippen LogP contribution in [0.4, 0.5) is 0 Å². The van der Waals surface area contributed by atoms with Gasteiger partial charge < -0.3 is 14.8 Å². The molecule has 19 heavy (non-hydrogen) atoms. The lowest BCUT2D eigenvalue weighted by atomic mass is 10.1. The van der Waals surface area contributed by atoms with Crippen LogP contribution in [0.5, 0.6) is 5.75 Å². The van der Waals surface area contributed by atoms with Gasteiger partial charge in [0.25, 0.3) is 5.91 Å². The summed E-state index contributed by atoms with van der Waals surface area (Å²) in [7, 11) is 1.54. The molecule has 0 aliphatic carbocycles. The third-order valence-electron chi connectivity index (χ3n) is 2.56. The van der Waals surface area contributed by atoms with E-state index in [0.29, 0.717) is 12.3 Å². The van der Waals surface area contributed by atoms with Crippen LogP contribution in [0.3, 0.4) is 0 Å². The lowest BCUT2D eigenvalue weighted by Crippen LogP contribution is -2.35. The molecule has 5 nitrogen and oxygen atoms in total. The summed E-state index contributed by atoms with van der Waals surface area (Å²) in [5.41, 5.74) is 0.734. The molecule has 0 aliphatic heterocycles. The molecule has 1 aromatic rings. The zero-order chi connectivity index (χ0) is 14.3. The maximum absolute atomic E-state index is 11.7. The van der Waals surface area contributed by atoms with E-state index in [1.165, 1.54) is 0 Å². The predicted octanol–water partition coefficient (Wildman–Crippen LogP) is 1.31. The Morgan fingerprint density at radius 1 is 1.32 bits per heavy atom. The van der Waals surface area contributed by atoms with Crippen LogP contribution in [-0.4, -0.2) is 31.6 Å². The minimum Gasteiger partial charge on any atom is -0.496 e. The molecule has 0 aromatic heterocycles. The van der Waals surface area contributed by atoms with Crippen LogP contribution in [0.2, 0.25) is 0 Å². The molecule has 0 aliphatic rings. The molecule has 104 valence electrons. The highest BCUT2D eigenvalue weighted by atomic mass is 16.5. The smallest absolute Gasteiger partial charge is 0.311 e. The molecule has 0 fully saturated rings. The number of likely N-dealkylation sites (N-methyl/N-ethyl adjacent to an activating group) is 1. The van der Waals surface area contributed by atoms with E-state index in [0.717, 1.165) is 5.56 Å². The van der Waals surface area contributed by atoms with Crippen molar-refractivity contribution in [2.45, 2.75) is 26.4 Å². The second-order valence-corrected chi connectivity index (χ2v) is 4.02. The number of hydrogen-bond acceptors (Lipinski definition) is 4. The largest absolute Gasteiger partial charge is 0.496 e. The van der Waals surface area contributed by atoms with Gasteiger partial charge in [-0.25, -0.2) is 0 Å². The van der Waals surface area contributed by atoms with Crippen LogP contribution in [0, 0.1) is 0 Å². The first-order chi connectivity index (χ1) is 9.08. The average Bonchev–Trinajstić information content (AvgIpc) is 2.39. The fraction of sp³-hybridized carbons (Fsp3) is 0.429. The molecule has 0 bridgehead atoms. The Hall–Kier alpha value is -2.04. The van der Waals surface area contributed by atoms with Gasteiger partial charge in [-0.2, -0.15) is 0 Å². The van der Waals surface area contributed by atoms with Crippen LogP contribution < -0.4 is 10.1 Å². The van der Waals surface area contributed by atoms with E-state index in [-0.39, 0.29) is 12.3 Å². The van der Waals surface area contributed by atoms with Gasteiger partial charge >= 0.3 is 5.97 Å². The number of nitrogens with one attached hydrogen (secondary N) is 1. The molecule has 1 amide bonds. The van der Waals surface area contributed by atoms with Crippen molar-refractivity contribution in [1.29, 1.82) is 0 Å². The minimum absolute atomic E-state index is 0.0771. The molecule has 1 rings (SSSR count). The number of benzene rings is 1. The monoisotopic (exact) mass is 265 g/mol. The van der Waals surface area contributed by atoms with Gasteiger partial charge in [0, 0.05) is 12.1 Å². The van der Waals surface area contributed by atoms with Gasteiger partial charge in [0.2, 0.25) is 0 Å². The highest BCUT2D eigenvalue weighted by Crippen LogP contribution is 2.18. The SMILES string of the molecule is CCNC(=O)[C@@H](C)OC(=O)Cc1ccccc1OC. The molecule has 0 spiro atoms. The Morgan fingerprint density at radius 2 is 2.00 bits per heavy atom. The predicted molar refractivity (Wildman–Crippen MR) is 70.9 cm³/mol. The third kappa shape index (κ3) is 4.62. The van der Waals surface area contributed by atoms with Crippen molar-refractivity contribution in [3.8, 4) is 5.75 Å². The Morgan fingerprint density at radius 3 is 2.63 bits per heavy atom. The van der Waals surface area contributed by atoms with E-state index in [2.05, 4.69) is 5.32 Å². The van der Waals surface area contributed by atoms with E-state index in [9.17, 15) is 9.59 Å². The van der Waals surface area contributed by atoms with Gasteiger partial charge in [-0.15, -0.1) is 0 Å². The Bertz CT molecular complexity index is 445. The molecular formula is C14H19NO4. The molecule has 1 aromatic carbocycles. The molecule has 0 radical (unpaired) electrons. The van der Waals surface area contributed by atoms with Crippen molar-refractivity contribution in [2.75, 3.05) is 13.7 Å². The van der Waals surface area contributed by atoms with Crippen molar-refractivity contribution in [3.63, 3.8) is 0 Å². The summed E-state index contributed by atoms with van der Waals surface area (Å²) in [5.74, 6) is -0.121. The third-order valence-corrected chi connectivity index (χ3v) is 2.56. The van der Waals surface area contributed by atoms with E-state index in [1.54, 1.807) is 33.1 Å². The maximum Gasteiger partial charge on any atom is 0.311 e. The number of hydrogen-bond donors (Lipinski definition) is 1. The van der Waals surface area contributed by atoms with Gasteiger partial charge in [0.15, 0.2) is 6.10 Å². The summed E-state index contributed by atoms with van der Waals surface area (Å²) >= 11 is 0. The first-order valence-electron chi connectivity index (χ1n) is 6.17. The topological polar surface area (TPSA) is 64.6 Å². The van der Waals surface area contributed by atoms with E-state index < -0.39 is 12.1 Å². The highest BCUT2D eigenvalue weighted by molar-refractivity contribution is 5.84. The number of carbonyl (C=O) groups is 2. The van der Waals surface area contributed by atoms with Crippen molar-refractivity contribution in [3.05, 3.63) is 29.8 Å². The molecular weight excluding hydrogens is 246 g/mol. The van der Waals surface area contributed by atoms with Gasteiger partial charge in [0.05, 0.1) is 13.5 Å². The minimum atomic E-state index is -0.790. The number of para-hydroxylation sites is 1. The number of amides is 1. The van der Waals surface area contributed by atoms with Crippen LogP contribution in [-0.2, 0) is 20.7 Å². The fourth-order valence-corrected chi connectivity index (χ4v) is 1.61. The number of rotatable bonds is 6. The lowest BCUT2D eigenvalue weighted by molar-refractivity contribution is -0.154. The molecule has 5 heteroatoms. The number of carbonyl (C=O) groups excluding carboxylic acids is 2. The van der Waals surface area contributed by atoms with Crippen LogP contribution in [0.15, 0.2) is 24.3 Å². The van der Waals surface area contributed by atoms with Crippen molar-refractivity contribution >= 4 is 11.9 Å². The van der Waals surface area contributed by atoms with Crippen LogP contribution in [0.25, 0.3) is 0 Å². The number of esters is 1. The van der Waals surface area contributed by atoms with Gasteiger partial charge in [-0.3, -0.25) is 9.59 Å². The summed E-state index contributed by atoms with van der Waals surface area (Å²) in [5, 5.41) is 2.60. The van der Waals surface area contributed by atoms with Crippen LogP contribution >= 0.6 is 0 Å². The van der Waals surface area contributed by atoms with E-state index in [1.807, 2.05) is 12.1 Å². The summed E-state index contributed by atoms with van der Waals surface area (Å²) in [6, 6.07) is 7.20. The standard InChI is InChI=1S/C14H19NO4/c1-4-15-14(17)10(2)19-13(16)9-11-7-5-6-8-12(11)18-3/h5-8,10H,4,9H2,1-3H3,(H,15,17)/t10-/m1/s1. The summed E-state index contributed by atoms with van der Waals surface area (Å²) in [6.45, 7) is 3.86. The second kappa shape index (κ2) is 7.41. The molecule has 0 saturated heterocycles. The van der Waals surface area contributed by atoms with Gasteiger partial charge in [0.1, 0.15) is 5.75 Å². The number of ether oxygens (including phenoxy) is 2. The van der Waals surface area contributed by atoms with Crippen molar-refractivity contribution in [1.82, 2.24) is 5.32 Å². The molecule has 0 saturated carbocycles. The first kappa shape index (κ1) is 15.0. The Labute approximate surface area is 112 Å². The quantitative estimate of drug-likeness (QED) is 0.788. The summed E-state index contributed by atoms with van der Waals surface area (Å²) < 4.78 is 10.2. The van der Waals surface area contributed by atoms with E-state index in [4.69, 9.17) is 9.47 Å². The zero-order valence-electron chi connectivity index (χ0n) is 11.4. The molecule has 0 heterocycles. The molecule has 1 atom stereocenters. The normalized spacial score (nSPS) is 11.5. The highest BCUT2D eigenvalue weighted by Gasteiger charge is 2.18. The Balaban J connectivity index is 2.58. The maximum atomic E-state index is 11.7. The first-order valence-corrected chi connectivity index (χ1v) is 6.17. The second-order valence-electron chi connectivity index (χ2n) is 4.02. The fourth-order valence-electron chi connectivity index (χ4n) is 1.61. The molecule has 0 unspecified atom stereocenters. The van der Waals surface area contributed by atoms with Gasteiger partial charge in [-0.05, 0) is 19.9 Å². The number of methoxy groups -OCH3 is 1.